The lowest BCUT2D eigenvalue weighted by Gasteiger charge is -2.07. The van der Waals surface area contributed by atoms with Crippen LogP contribution in [0.1, 0.15) is 20.7 Å². The second kappa shape index (κ2) is 5.41. The summed E-state index contributed by atoms with van der Waals surface area (Å²) in [4.78, 5) is 23.8. The summed E-state index contributed by atoms with van der Waals surface area (Å²) in [5.41, 5.74) is 23.5. The summed E-state index contributed by atoms with van der Waals surface area (Å²) >= 11 is 0. The van der Waals surface area contributed by atoms with Gasteiger partial charge in [-0.05, 0) is 36.4 Å². The minimum Gasteiger partial charge on any atom is -0.399 e. The number of esters is 2. The Morgan fingerprint density at radius 1 is 0.762 bits per heavy atom. The first-order valence-corrected chi connectivity index (χ1v) is 5.94. The Kier molecular flexibility index (Phi) is 3.66. The van der Waals surface area contributed by atoms with Gasteiger partial charge in [0, 0.05) is 22.7 Å². The van der Waals surface area contributed by atoms with Crippen LogP contribution >= 0.6 is 0 Å². The van der Waals surface area contributed by atoms with Crippen LogP contribution < -0.4 is 22.9 Å². The normalized spacial score (nSPS) is 10.1. The summed E-state index contributed by atoms with van der Waals surface area (Å²) in [6, 6.07) is 8.51. The summed E-state index contributed by atoms with van der Waals surface area (Å²) in [5, 5.41) is 0. The number of anilines is 4. The fourth-order valence-electron chi connectivity index (χ4n) is 1.74. The molecule has 0 heterocycles. The van der Waals surface area contributed by atoms with Crippen molar-refractivity contribution in [3.05, 3.63) is 47.5 Å². The maximum Gasteiger partial charge on any atom is 0.348 e. The van der Waals surface area contributed by atoms with Gasteiger partial charge in [-0.1, -0.05) is 0 Å². The third kappa shape index (κ3) is 3.21. The Hall–Kier alpha value is -3.22. The topological polar surface area (TPSA) is 147 Å². The highest BCUT2D eigenvalue weighted by molar-refractivity contribution is 6.05. The molecule has 21 heavy (non-hydrogen) atoms. The van der Waals surface area contributed by atoms with Gasteiger partial charge >= 0.3 is 11.9 Å². The van der Waals surface area contributed by atoms with Crippen molar-refractivity contribution in [2.45, 2.75) is 0 Å². The van der Waals surface area contributed by atoms with Gasteiger partial charge in [-0.25, -0.2) is 9.59 Å². The predicted molar refractivity (Wildman–Crippen MR) is 80.3 cm³/mol. The molecule has 0 atom stereocenters. The quantitative estimate of drug-likeness (QED) is 0.366. The number of hydrogen-bond donors (Lipinski definition) is 4. The SMILES string of the molecule is Nc1cc(N)cc(C(=O)OC(=O)c2cc(N)ccc2N)c1. The van der Waals surface area contributed by atoms with E-state index >= 15 is 0 Å². The molecule has 7 heteroatoms. The molecular formula is C14H14N4O3. The largest absolute Gasteiger partial charge is 0.399 e. The number of carbonyl (C=O) groups excluding carboxylic acids is 2. The molecule has 2 rings (SSSR count). The Morgan fingerprint density at radius 2 is 1.38 bits per heavy atom. The van der Waals surface area contributed by atoms with E-state index < -0.39 is 11.9 Å². The second-order valence-electron chi connectivity index (χ2n) is 4.41. The molecule has 0 bridgehead atoms. The van der Waals surface area contributed by atoms with Crippen LogP contribution in [-0.4, -0.2) is 11.9 Å². The zero-order valence-corrected chi connectivity index (χ0v) is 11.0. The molecule has 8 N–H and O–H groups in total. The van der Waals surface area contributed by atoms with Crippen molar-refractivity contribution in [1.82, 2.24) is 0 Å². The van der Waals surface area contributed by atoms with E-state index in [0.29, 0.717) is 5.69 Å². The molecule has 0 aliphatic carbocycles. The monoisotopic (exact) mass is 286 g/mol. The zero-order valence-electron chi connectivity index (χ0n) is 11.0. The van der Waals surface area contributed by atoms with Gasteiger partial charge in [-0.3, -0.25) is 0 Å². The standard InChI is InChI=1S/C14H14N4O3/c15-8-1-2-12(18)11(6-8)14(20)21-13(19)7-3-9(16)5-10(17)4-7/h1-6H,15-18H2. The summed E-state index contributed by atoms with van der Waals surface area (Å²) in [5.74, 6) is -1.77. The summed E-state index contributed by atoms with van der Waals surface area (Å²) < 4.78 is 4.74. The van der Waals surface area contributed by atoms with Crippen LogP contribution in [0, 0.1) is 0 Å². The van der Waals surface area contributed by atoms with Crippen LogP contribution in [0.3, 0.4) is 0 Å². The van der Waals surface area contributed by atoms with E-state index in [-0.39, 0.29) is 28.2 Å². The zero-order chi connectivity index (χ0) is 15.6. The average molecular weight is 286 g/mol. The van der Waals surface area contributed by atoms with Crippen LogP contribution in [0.2, 0.25) is 0 Å². The third-order valence-electron chi connectivity index (χ3n) is 2.70. The summed E-state index contributed by atoms with van der Waals surface area (Å²) in [7, 11) is 0. The van der Waals surface area contributed by atoms with Crippen molar-refractivity contribution in [3.8, 4) is 0 Å². The number of ether oxygens (including phenoxy) is 1. The lowest BCUT2D eigenvalue weighted by molar-refractivity contribution is 0.0398. The highest BCUT2D eigenvalue weighted by Gasteiger charge is 2.18. The fourth-order valence-corrected chi connectivity index (χ4v) is 1.74. The molecule has 0 radical (unpaired) electrons. The second-order valence-corrected chi connectivity index (χ2v) is 4.41. The minimum atomic E-state index is -0.897. The highest BCUT2D eigenvalue weighted by Crippen LogP contribution is 2.19. The maximum atomic E-state index is 11.9. The van der Waals surface area contributed by atoms with E-state index in [0.717, 1.165) is 0 Å². The molecule has 0 amide bonds. The summed E-state index contributed by atoms with van der Waals surface area (Å²) in [6.07, 6.45) is 0. The van der Waals surface area contributed by atoms with Gasteiger partial charge in [0.2, 0.25) is 0 Å². The van der Waals surface area contributed by atoms with Crippen molar-refractivity contribution < 1.29 is 14.3 Å². The first kappa shape index (κ1) is 14.2. The van der Waals surface area contributed by atoms with Gasteiger partial charge in [-0.15, -0.1) is 0 Å². The fraction of sp³-hybridized carbons (Fsp3) is 0. The van der Waals surface area contributed by atoms with Gasteiger partial charge in [0.15, 0.2) is 0 Å². The lowest BCUT2D eigenvalue weighted by atomic mass is 10.1. The molecule has 0 aromatic heterocycles. The Labute approximate surface area is 120 Å². The van der Waals surface area contributed by atoms with Crippen LogP contribution in [0.25, 0.3) is 0 Å². The number of nitrogens with two attached hydrogens (primary N) is 4. The Balaban J connectivity index is 2.23. The molecule has 7 nitrogen and oxygen atoms in total. The van der Waals surface area contributed by atoms with E-state index in [1.165, 1.54) is 36.4 Å². The molecule has 0 unspecified atom stereocenters. The molecule has 108 valence electrons. The molecule has 0 fully saturated rings. The van der Waals surface area contributed by atoms with Crippen LogP contribution in [0.15, 0.2) is 36.4 Å². The highest BCUT2D eigenvalue weighted by atomic mass is 16.6. The van der Waals surface area contributed by atoms with Crippen molar-refractivity contribution >= 4 is 34.7 Å². The van der Waals surface area contributed by atoms with Crippen molar-refractivity contribution in [3.63, 3.8) is 0 Å². The maximum absolute atomic E-state index is 11.9. The first-order chi connectivity index (χ1) is 9.86. The van der Waals surface area contributed by atoms with E-state index in [1.54, 1.807) is 0 Å². The van der Waals surface area contributed by atoms with Crippen molar-refractivity contribution in [2.24, 2.45) is 0 Å². The van der Waals surface area contributed by atoms with E-state index in [1.807, 2.05) is 0 Å². The van der Waals surface area contributed by atoms with E-state index in [4.69, 9.17) is 27.7 Å². The third-order valence-corrected chi connectivity index (χ3v) is 2.70. The average Bonchev–Trinajstić information content (AvgIpc) is 2.40. The van der Waals surface area contributed by atoms with Gasteiger partial charge in [0.25, 0.3) is 0 Å². The molecule has 2 aromatic carbocycles. The number of benzene rings is 2. The molecule has 0 saturated carbocycles. The van der Waals surface area contributed by atoms with Gasteiger partial charge in [0.05, 0.1) is 11.1 Å². The summed E-state index contributed by atoms with van der Waals surface area (Å²) in [6.45, 7) is 0. The van der Waals surface area contributed by atoms with Crippen molar-refractivity contribution in [2.75, 3.05) is 22.9 Å². The molecular weight excluding hydrogens is 272 g/mol. The smallest absolute Gasteiger partial charge is 0.348 e. The molecule has 2 aromatic rings. The van der Waals surface area contributed by atoms with Gasteiger partial charge in [0.1, 0.15) is 0 Å². The van der Waals surface area contributed by atoms with Crippen molar-refractivity contribution in [1.29, 1.82) is 0 Å². The Morgan fingerprint density at radius 3 is 2.00 bits per heavy atom. The molecule has 0 saturated heterocycles. The van der Waals surface area contributed by atoms with Crippen LogP contribution in [0.5, 0.6) is 0 Å². The van der Waals surface area contributed by atoms with Gasteiger partial charge < -0.3 is 27.7 Å². The van der Waals surface area contributed by atoms with Gasteiger partial charge in [-0.2, -0.15) is 0 Å². The Bertz CT molecular complexity index is 708. The number of carbonyl (C=O) groups is 2. The number of nitrogen functional groups attached to an aromatic ring is 4. The lowest BCUT2D eigenvalue weighted by Crippen LogP contribution is -2.15. The molecule has 0 aliphatic heterocycles. The van der Waals surface area contributed by atoms with E-state index in [2.05, 4.69) is 0 Å². The molecule has 0 spiro atoms. The van der Waals surface area contributed by atoms with Crippen LogP contribution in [0.4, 0.5) is 22.7 Å². The predicted octanol–water partition coefficient (Wildman–Crippen LogP) is 1.01. The van der Waals surface area contributed by atoms with E-state index in [9.17, 15) is 9.59 Å². The number of rotatable bonds is 2. The molecule has 0 aliphatic rings. The first-order valence-electron chi connectivity index (χ1n) is 5.94. The number of hydrogen-bond acceptors (Lipinski definition) is 7. The van der Waals surface area contributed by atoms with Crippen LogP contribution in [-0.2, 0) is 4.74 Å². The minimum absolute atomic E-state index is 0.0141.